The van der Waals surface area contributed by atoms with Gasteiger partial charge in [0.25, 0.3) is 5.91 Å². The van der Waals surface area contributed by atoms with Crippen molar-refractivity contribution < 1.29 is 9.59 Å². The molecule has 0 radical (unpaired) electrons. The van der Waals surface area contributed by atoms with Crippen molar-refractivity contribution in [2.45, 2.75) is 26.7 Å². The predicted molar refractivity (Wildman–Crippen MR) is 102 cm³/mol. The fourth-order valence-electron chi connectivity index (χ4n) is 3.37. The van der Waals surface area contributed by atoms with Gasteiger partial charge in [0.2, 0.25) is 5.91 Å². The van der Waals surface area contributed by atoms with Gasteiger partial charge < -0.3 is 9.80 Å². The van der Waals surface area contributed by atoms with Crippen molar-refractivity contribution in [3.63, 3.8) is 0 Å². The van der Waals surface area contributed by atoms with Crippen molar-refractivity contribution in [2.75, 3.05) is 24.5 Å². The second kappa shape index (κ2) is 7.83. The van der Waals surface area contributed by atoms with Crippen LogP contribution in [0.25, 0.3) is 0 Å². The van der Waals surface area contributed by atoms with Gasteiger partial charge in [0.1, 0.15) is 0 Å². The lowest BCUT2D eigenvalue weighted by atomic mass is 9.94. The number of carbonyl (C=O) groups is 2. The summed E-state index contributed by atoms with van der Waals surface area (Å²) in [7, 11) is 0. The van der Waals surface area contributed by atoms with Crippen LogP contribution in [0.2, 0.25) is 0 Å². The molecule has 1 aromatic heterocycles. The number of amides is 2. The zero-order valence-corrected chi connectivity index (χ0v) is 15.6. The van der Waals surface area contributed by atoms with E-state index in [2.05, 4.69) is 6.07 Å². The molecule has 1 aliphatic heterocycles. The Morgan fingerprint density at radius 2 is 1.96 bits per heavy atom. The second-order valence-corrected chi connectivity index (χ2v) is 7.41. The smallest absolute Gasteiger partial charge is 0.263 e. The first-order valence-corrected chi connectivity index (χ1v) is 9.69. The van der Waals surface area contributed by atoms with Gasteiger partial charge in [0, 0.05) is 31.2 Å². The molecule has 0 aliphatic carbocycles. The highest BCUT2D eigenvalue weighted by Crippen LogP contribution is 2.25. The summed E-state index contributed by atoms with van der Waals surface area (Å²) in [4.78, 5) is 29.9. The first-order valence-electron chi connectivity index (χ1n) is 8.81. The van der Waals surface area contributed by atoms with Crippen LogP contribution in [-0.2, 0) is 4.79 Å². The summed E-state index contributed by atoms with van der Waals surface area (Å²) in [5.41, 5.74) is 2.12. The SMILES string of the molecule is CCN(C(=O)C1CCN(C(=O)c2cccs2)CC1)c1cccc(C)c1. The lowest BCUT2D eigenvalue weighted by Gasteiger charge is -2.34. The van der Waals surface area contributed by atoms with E-state index in [1.807, 2.05) is 59.4 Å². The minimum absolute atomic E-state index is 0.00662. The number of thiophene rings is 1. The van der Waals surface area contributed by atoms with E-state index in [0.717, 1.165) is 29.0 Å². The summed E-state index contributed by atoms with van der Waals surface area (Å²) in [6, 6.07) is 11.8. The van der Waals surface area contributed by atoms with E-state index in [1.54, 1.807) is 0 Å². The topological polar surface area (TPSA) is 40.6 Å². The average Bonchev–Trinajstić information content (AvgIpc) is 3.16. The quantitative estimate of drug-likeness (QED) is 0.832. The Bertz CT molecular complexity index is 734. The predicted octanol–water partition coefficient (Wildman–Crippen LogP) is 3.96. The van der Waals surface area contributed by atoms with E-state index in [9.17, 15) is 9.59 Å². The Morgan fingerprint density at radius 3 is 2.56 bits per heavy atom. The summed E-state index contributed by atoms with van der Waals surface area (Å²) in [5, 5.41) is 1.92. The lowest BCUT2D eigenvalue weighted by molar-refractivity contribution is -0.123. The number of likely N-dealkylation sites (tertiary alicyclic amines) is 1. The van der Waals surface area contributed by atoms with Gasteiger partial charge in [-0.25, -0.2) is 0 Å². The van der Waals surface area contributed by atoms with Crippen molar-refractivity contribution in [1.29, 1.82) is 0 Å². The molecule has 5 heteroatoms. The molecule has 1 saturated heterocycles. The number of benzene rings is 1. The molecule has 132 valence electrons. The molecule has 0 N–H and O–H groups in total. The van der Waals surface area contributed by atoms with Gasteiger partial charge in [0.15, 0.2) is 0 Å². The van der Waals surface area contributed by atoms with Crippen molar-refractivity contribution >= 4 is 28.8 Å². The number of rotatable bonds is 4. The Balaban J connectivity index is 1.63. The molecule has 0 bridgehead atoms. The van der Waals surface area contributed by atoms with E-state index in [0.29, 0.717) is 19.6 Å². The van der Waals surface area contributed by atoms with E-state index < -0.39 is 0 Å². The molecule has 1 aliphatic rings. The Labute approximate surface area is 153 Å². The average molecular weight is 356 g/mol. The molecule has 2 heterocycles. The summed E-state index contributed by atoms with van der Waals surface area (Å²) in [5.74, 6) is 0.260. The fourth-order valence-corrected chi connectivity index (χ4v) is 4.06. The second-order valence-electron chi connectivity index (χ2n) is 6.47. The van der Waals surface area contributed by atoms with Gasteiger partial charge in [0.05, 0.1) is 4.88 Å². The molecule has 0 unspecified atom stereocenters. The highest BCUT2D eigenvalue weighted by atomic mass is 32.1. The van der Waals surface area contributed by atoms with Crippen molar-refractivity contribution in [3.8, 4) is 0 Å². The Kier molecular flexibility index (Phi) is 5.53. The van der Waals surface area contributed by atoms with Crippen LogP contribution >= 0.6 is 11.3 Å². The minimum Gasteiger partial charge on any atom is -0.338 e. The monoisotopic (exact) mass is 356 g/mol. The third kappa shape index (κ3) is 3.93. The zero-order valence-electron chi connectivity index (χ0n) is 14.8. The standard InChI is InChI=1S/C20H24N2O2S/c1-3-22(17-7-4-6-15(2)14-17)19(23)16-9-11-21(12-10-16)20(24)18-8-5-13-25-18/h4-8,13-14,16H,3,9-12H2,1-2H3. The third-order valence-electron chi connectivity index (χ3n) is 4.76. The lowest BCUT2D eigenvalue weighted by Crippen LogP contribution is -2.44. The zero-order chi connectivity index (χ0) is 17.8. The number of nitrogens with zero attached hydrogens (tertiary/aromatic N) is 2. The normalized spacial score (nSPS) is 15.2. The molecule has 2 amide bonds. The fraction of sp³-hybridized carbons (Fsp3) is 0.400. The van der Waals surface area contributed by atoms with E-state index in [-0.39, 0.29) is 17.7 Å². The minimum atomic E-state index is -0.00662. The van der Waals surface area contributed by atoms with Gasteiger partial charge in [-0.05, 0) is 55.8 Å². The van der Waals surface area contributed by atoms with E-state index in [4.69, 9.17) is 0 Å². The molecule has 3 rings (SSSR count). The van der Waals surface area contributed by atoms with Crippen molar-refractivity contribution in [1.82, 2.24) is 4.90 Å². The molecule has 1 aromatic carbocycles. The van der Waals surface area contributed by atoms with Crippen LogP contribution in [0.3, 0.4) is 0 Å². The summed E-state index contributed by atoms with van der Waals surface area (Å²) in [6.45, 7) is 6.01. The van der Waals surface area contributed by atoms with Crippen LogP contribution in [0.4, 0.5) is 5.69 Å². The third-order valence-corrected chi connectivity index (χ3v) is 5.62. The van der Waals surface area contributed by atoms with Crippen LogP contribution in [0.1, 0.15) is 35.0 Å². The van der Waals surface area contributed by atoms with Gasteiger partial charge in [-0.1, -0.05) is 18.2 Å². The van der Waals surface area contributed by atoms with E-state index >= 15 is 0 Å². The van der Waals surface area contributed by atoms with Crippen molar-refractivity contribution in [3.05, 3.63) is 52.2 Å². The van der Waals surface area contributed by atoms with Crippen molar-refractivity contribution in [2.24, 2.45) is 5.92 Å². The van der Waals surface area contributed by atoms with Crippen LogP contribution in [-0.4, -0.2) is 36.3 Å². The van der Waals surface area contributed by atoms with Crippen LogP contribution in [0.15, 0.2) is 41.8 Å². The maximum absolute atomic E-state index is 13.0. The number of piperidine rings is 1. The highest BCUT2D eigenvalue weighted by Gasteiger charge is 2.30. The number of anilines is 1. The molecule has 0 saturated carbocycles. The number of hydrogen-bond acceptors (Lipinski definition) is 3. The first kappa shape index (κ1) is 17.7. The van der Waals surface area contributed by atoms with Crippen LogP contribution in [0.5, 0.6) is 0 Å². The molecule has 4 nitrogen and oxygen atoms in total. The molecular formula is C20H24N2O2S. The molecule has 25 heavy (non-hydrogen) atoms. The van der Waals surface area contributed by atoms with E-state index in [1.165, 1.54) is 11.3 Å². The summed E-state index contributed by atoms with van der Waals surface area (Å²) < 4.78 is 0. The Hall–Kier alpha value is -2.14. The molecule has 0 atom stereocenters. The molecule has 2 aromatic rings. The maximum Gasteiger partial charge on any atom is 0.263 e. The summed E-state index contributed by atoms with van der Waals surface area (Å²) >= 11 is 1.47. The summed E-state index contributed by atoms with van der Waals surface area (Å²) in [6.07, 6.45) is 1.47. The van der Waals surface area contributed by atoms with Gasteiger partial charge in [-0.3, -0.25) is 9.59 Å². The van der Waals surface area contributed by atoms with Gasteiger partial charge >= 0.3 is 0 Å². The number of carbonyl (C=O) groups excluding carboxylic acids is 2. The molecular weight excluding hydrogens is 332 g/mol. The van der Waals surface area contributed by atoms with Gasteiger partial charge in [-0.2, -0.15) is 0 Å². The number of hydrogen-bond donors (Lipinski definition) is 0. The first-order chi connectivity index (χ1) is 12.1. The number of aryl methyl sites for hydroxylation is 1. The Morgan fingerprint density at radius 1 is 1.20 bits per heavy atom. The maximum atomic E-state index is 13.0. The highest BCUT2D eigenvalue weighted by molar-refractivity contribution is 7.12. The van der Waals surface area contributed by atoms with Gasteiger partial charge in [-0.15, -0.1) is 11.3 Å². The van der Waals surface area contributed by atoms with Crippen LogP contribution in [0, 0.1) is 12.8 Å². The van der Waals surface area contributed by atoms with Crippen LogP contribution < -0.4 is 4.90 Å². The molecule has 1 fully saturated rings. The largest absolute Gasteiger partial charge is 0.338 e. The molecule has 0 spiro atoms.